The quantitative estimate of drug-likeness (QED) is 0.866. The Kier molecular flexibility index (Phi) is 4.01. The van der Waals surface area contributed by atoms with E-state index >= 15 is 0 Å². The van der Waals surface area contributed by atoms with Crippen LogP contribution in [0.15, 0.2) is 45.8 Å². The van der Waals surface area contributed by atoms with Crippen molar-refractivity contribution in [3.8, 4) is 0 Å². The van der Waals surface area contributed by atoms with E-state index in [2.05, 4.69) is 9.80 Å². The highest BCUT2D eigenvalue weighted by Crippen LogP contribution is 2.25. The Bertz CT molecular complexity index is 567. The van der Waals surface area contributed by atoms with Crippen LogP contribution in [0.4, 0.5) is 0 Å². The molecule has 0 radical (unpaired) electrons. The molecule has 2 aliphatic rings. The van der Waals surface area contributed by atoms with Crippen LogP contribution in [0.25, 0.3) is 0 Å². The fraction of sp³-hybridized carbons (Fsp3) is 0.529. The zero-order valence-electron chi connectivity index (χ0n) is 12.7. The van der Waals surface area contributed by atoms with Gasteiger partial charge in [0, 0.05) is 44.2 Å². The number of rotatable bonds is 4. The molecule has 118 valence electrons. The monoisotopic (exact) mass is 302 g/mol. The number of ether oxygens (including phenoxy) is 1. The minimum Gasteiger partial charge on any atom is -0.472 e. The summed E-state index contributed by atoms with van der Waals surface area (Å²) in [5.41, 5.74) is 1.24. The number of fused-ring (bicyclic) bond motifs is 1. The Balaban J connectivity index is 1.36. The molecule has 2 fully saturated rings. The van der Waals surface area contributed by atoms with E-state index in [-0.39, 0.29) is 0 Å². The number of likely N-dealkylation sites (tertiary alicyclic amines) is 1. The zero-order chi connectivity index (χ0) is 14.8. The van der Waals surface area contributed by atoms with Crippen molar-refractivity contribution in [2.75, 3.05) is 32.8 Å². The SMILES string of the molecule is c1coc(CN2C[C@@H]3CN(Cc4ccoc4)CCO[C@@H]3C2)c1. The summed E-state index contributed by atoms with van der Waals surface area (Å²) in [6, 6.07) is 6.04. The van der Waals surface area contributed by atoms with E-state index in [9.17, 15) is 0 Å². The predicted octanol–water partition coefficient (Wildman–Crippen LogP) is 2.21. The topological polar surface area (TPSA) is 42.0 Å². The van der Waals surface area contributed by atoms with Gasteiger partial charge in [-0.2, -0.15) is 0 Å². The van der Waals surface area contributed by atoms with Gasteiger partial charge in [-0.25, -0.2) is 0 Å². The number of furan rings is 2. The number of hydrogen-bond donors (Lipinski definition) is 0. The first-order valence-corrected chi connectivity index (χ1v) is 7.96. The smallest absolute Gasteiger partial charge is 0.117 e. The van der Waals surface area contributed by atoms with Gasteiger partial charge in [-0.3, -0.25) is 9.80 Å². The largest absolute Gasteiger partial charge is 0.472 e. The molecule has 2 saturated heterocycles. The molecule has 0 saturated carbocycles. The van der Waals surface area contributed by atoms with E-state index in [0.717, 1.165) is 51.6 Å². The van der Waals surface area contributed by atoms with Crippen molar-refractivity contribution in [3.63, 3.8) is 0 Å². The Morgan fingerprint density at radius 2 is 2.00 bits per heavy atom. The van der Waals surface area contributed by atoms with Gasteiger partial charge in [-0.05, 0) is 18.2 Å². The Morgan fingerprint density at radius 1 is 1.05 bits per heavy atom. The molecule has 0 unspecified atom stereocenters. The van der Waals surface area contributed by atoms with Crippen molar-refractivity contribution >= 4 is 0 Å². The first-order valence-electron chi connectivity index (χ1n) is 7.96. The molecule has 2 atom stereocenters. The fourth-order valence-corrected chi connectivity index (χ4v) is 3.58. The lowest BCUT2D eigenvalue weighted by atomic mass is 10.1. The molecule has 0 aliphatic carbocycles. The van der Waals surface area contributed by atoms with E-state index in [4.69, 9.17) is 13.6 Å². The van der Waals surface area contributed by atoms with Gasteiger partial charge < -0.3 is 13.6 Å². The van der Waals surface area contributed by atoms with E-state index in [1.54, 1.807) is 12.5 Å². The van der Waals surface area contributed by atoms with Crippen molar-refractivity contribution in [2.45, 2.75) is 19.2 Å². The van der Waals surface area contributed by atoms with Crippen molar-refractivity contribution in [2.24, 2.45) is 5.92 Å². The minimum absolute atomic E-state index is 0.351. The molecular weight excluding hydrogens is 280 g/mol. The summed E-state index contributed by atoms with van der Waals surface area (Å²) in [5.74, 6) is 1.61. The molecule has 0 N–H and O–H groups in total. The second-order valence-electron chi connectivity index (χ2n) is 6.31. The summed E-state index contributed by atoms with van der Waals surface area (Å²) < 4.78 is 16.7. The van der Waals surface area contributed by atoms with Gasteiger partial charge in [0.2, 0.25) is 0 Å². The number of hydrogen-bond acceptors (Lipinski definition) is 5. The van der Waals surface area contributed by atoms with Crippen LogP contribution in [0.5, 0.6) is 0 Å². The molecule has 0 aromatic carbocycles. The van der Waals surface area contributed by atoms with Crippen LogP contribution in [-0.2, 0) is 17.8 Å². The second kappa shape index (κ2) is 6.28. The van der Waals surface area contributed by atoms with E-state index in [1.807, 2.05) is 24.5 Å². The summed E-state index contributed by atoms with van der Waals surface area (Å²) in [5, 5.41) is 0. The summed E-state index contributed by atoms with van der Waals surface area (Å²) in [6.45, 7) is 6.80. The van der Waals surface area contributed by atoms with Gasteiger partial charge in [-0.15, -0.1) is 0 Å². The summed E-state index contributed by atoms with van der Waals surface area (Å²) in [7, 11) is 0. The van der Waals surface area contributed by atoms with Gasteiger partial charge in [0.05, 0.1) is 38.0 Å². The average molecular weight is 302 g/mol. The average Bonchev–Trinajstić information content (AvgIpc) is 3.22. The number of nitrogens with zero attached hydrogens (tertiary/aromatic N) is 2. The molecule has 5 heteroatoms. The van der Waals surface area contributed by atoms with Gasteiger partial charge >= 0.3 is 0 Å². The third-order valence-corrected chi connectivity index (χ3v) is 4.63. The highest BCUT2D eigenvalue weighted by Gasteiger charge is 2.36. The second-order valence-corrected chi connectivity index (χ2v) is 6.31. The molecule has 2 aromatic rings. The molecule has 22 heavy (non-hydrogen) atoms. The Labute approximate surface area is 130 Å². The first-order chi connectivity index (χ1) is 10.9. The van der Waals surface area contributed by atoms with Crippen molar-refractivity contribution in [3.05, 3.63) is 48.3 Å². The lowest BCUT2D eigenvalue weighted by Crippen LogP contribution is -2.32. The molecule has 4 heterocycles. The van der Waals surface area contributed by atoms with Crippen LogP contribution in [0.1, 0.15) is 11.3 Å². The van der Waals surface area contributed by atoms with Crippen molar-refractivity contribution < 1.29 is 13.6 Å². The maximum absolute atomic E-state index is 6.09. The molecule has 5 nitrogen and oxygen atoms in total. The molecule has 4 rings (SSSR count). The van der Waals surface area contributed by atoms with Gasteiger partial charge in [-0.1, -0.05) is 0 Å². The van der Waals surface area contributed by atoms with E-state index < -0.39 is 0 Å². The lowest BCUT2D eigenvalue weighted by Gasteiger charge is -2.22. The third kappa shape index (κ3) is 3.11. The maximum Gasteiger partial charge on any atom is 0.117 e. The summed E-state index contributed by atoms with van der Waals surface area (Å²) >= 11 is 0. The van der Waals surface area contributed by atoms with Gasteiger partial charge in [0.15, 0.2) is 0 Å². The Morgan fingerprint density at radius 3 is 2.82 bits per heavy atom. The first kappa shape index (κ1) is 14.1. The van der Waals surface area contributed by atoms with E-state index in [0.29, 0.717) is 12.0 Å². The van der Waals surface area contributed by atoms with Gasteiger partial charge in [0.25, 0.3) is 0 Å². The van der Waals surface area contributed by atoms with Crippen LogP contribution in [0, 0.1) is 5.92 Å². The molecule has 0 bridgehead atoms. The summed E-state index contributed by atoms with van der Waals surface area (Å²) in [6.07, 6.45) is 5.67. The van der Waals surface area contributed by atoms with Gasteiger partial charge in [0.1, 0.15) is 5.76 Å². The highest BCUT2D eigenvalue weighted by atomic mass is 16.5. The van der Waals surface area contributed by atoms with E-state index in [1.165, 1.54) is 5.56 Å². The van der Waals surface area contributed by atoms with Crippen molar-refractivity contribution in [1.82, 2.24) is 9.80 Å². The van der Waals surface area contributed by atoms with Crippen LogP contribution in [0.2, 0.25) is 0 Å². The maximum atomic E-state index is 6.09. The molecular formula is C17H22N2O3. The van der Waals surface area contributed by atoms with Crippen LogP contribution in [-0.4, -0.2) is 48.7 Å². The zero-order valence-corrected chi connectivity index (χ0v) is 12.7. The predicted molar refractivity (Wildman–Crippen MR) is 81.2 cm³/mol. The fourth-order valence-electron chi connectivity index (χ4n) is 3.58. The molecule has 0 amide bonds. The molecule has 2 aromatic heterocycles. The van der Waals surface area contributed by atoms with Crippen molar-refractivity contribution in [1.29, 1.82) is 0 Å². The minimum atomic E-state index is 0.351. The summed E-state index contributed by atoms with van der Waals surface area (Å²) in [4.78, 5) is 4.92. The highest BCUT2D eigenvalue weighted by molar-refractivity contribution is 5.05. The molecule has 2 aliphatic heterocycles. The van der Waals surface area contributed by atoms with Crippen LogP contribution >= 0.6 is 0 Å². The normalized spacial score (nSPS) is 26.9. The third-order valence-electron chi connectivity index (χ3n) is 4.63. The Hall–Kier alpha value is -1.56. The molecule has 0 spiro atoms. The standard InChI is InChI=1S/C17H22N2O3/c1-2-16(21-5-1)11-19-10-15-9-18(4-7-22-17(15)12-19)8-14-3-6-20-13-14/h1-3,5-6,13,15,17H,4,7-12H2/t15-,17+/m0/s1. The van der Waals surface area contributed by atoms with Crippen LogP contribution in [0.3, 0.4) is 0 Å². The lowest BCUT2D eigenvalue weighted by molar-refractivity contribution is 0.0506. The van der Waals surface area contributed by atoms with Crippen LogP contribution < -0.4 is 0 Å².